The Morgan fingerprint density at radius 1 is 0.900 bits per heavy atom. The fourth-order valence-electron chi connectivity index (χ4n) is 3.99. The lowest BCUT2D eigenvalue weighted by Crippen LogP contribution is -2.10. The molecule has 5 nitrogen and oxygen atoms in total. The molecule has 30 heavy (non-hydrogen) atoms. The van der Waals surface area contributed by atoms with Gasteiger partial charge in [-0.25, -0.2) is 14.7 Å². The van der Waals surface area contributed by atoms with Crippen LogP contribution >= 0.6 is 0 Å². The number of aromatic nitrogens is 3. The Hall–Kier alpha value is -2.95. The van der Waals surface area contributed by atoms with E-state index in [1.54, 1.807) is 0 Å². The maximum absolute atomic E-state index is 12.7. The molecule has 0 radical (unpaired) electrons. The van der Waals surface area contributed by atoms with Crippen LogP contribution in [0.15, 0.2) is 58.1 Å². The zero-order valence-corrected chi connectivity index (χ0v) is 17.6. The Kier molecular flexibility index (Phi) is 6.57. The molecule has 0 aromatic heterocycles. The molecule has 1 aromatic carbocycles. The molecular formula is C25H29N3O2. The fourth-order valence-corrected chi connectivity index (χ4v) is 3.99. The van der Waals surface area contributed by atoms with Crippen molar-refractivity contribution in [2.45, 2.75) is 64.8 Å². The van der Waals surface area contributed by atoms with Gasteiger partial charge in [0.1, 0.15) is 12.0 Å². The summed E-state index contributed by atoms with van der Waals surface area (Å²) in [7, 11) is 0. The first-order valence-electron chi connectivity index (χ1n) is 11.1. The second kappa shape index (κ2) is 9.70. The molecule has 0 spiro atoms. The van der Waals surface area contributed by atoms with Gasteiger partial charge in [0.2, 0.25) is 0 Å². The number of hydrogen-bond donors (Lipinski definition) is 0. The largest absolute Gasteiger partial charge is 0.376 e. The average Bonchev–Trinajstić information content (AvgIpc) is 3.24. The molecule has 0 saturated carbocycles. The van der Waals surface area contributed by atoms with Crippen molar-refractivity contribution < 1.29 is 4.52 Å². The molecule has 1 aromatic rings. The summed E-state index contributed by atoms with van der Waals surface area (Å²) in [6.45, 7) is 3.02. The van der Waals surface area contributed by atoms with Crippen molar-refractivity contribution >= 4 is 0 Å². The molecule has 2 aliphatic heterocycles. The number of hydrogen-bond acceptors (Lipinski definition) is 4. The molecule has 3 aliphatic rings. The highest BCUT2D eigenvalue weighted by Gasteiger charge is 2.16. The highest BCUT2D eigenvalue weighted by Crippen LogP contribution is 2.24. The molecule has 0 atom stereocenters. The van der Waals surface area contributed by atoms with Crippen LogP contribution < -0.4 is 5.43 Å². The van der Waals surface area contributed by atoms with Crippen LogP contribution in [0.4, 0.5) is 0 Å². The van der Waals surface area contributed by atoms with Gasteiger partial charge in [-0.1, -0.05) is 82.2 Å². The van der Waals surface area contributed by atoms with Gasteiger partial charge in [0.25, 0.3) is 0 Å². The van der Waals surface area contributed by atoms with E-state index in [0.717, 1.165) is 24.2 Å². The predicted octanol–water partition coefficient (Wildman–Crippen LogP) is 5.87. The van der Waals surface area contributed by atoms with E-state index in [9.17, 15) is 4.79 Å². The standard InChI is InChI=1S/C25H29N3O2/c1-2-3-4-5-6-7-8-12-15-28-22(19-13-10-9-11-14-19)16-20-23(29)17-21-24(25(20)30-28)27-18-26-21/h9-11,13-14,16-18H,2-8,12,15H2,1H3. The van der Waals surface area contributed by atoms with Crippen LogP contribution in [0.1, 0.15) is 58.3 Å². The van der Waals surface area contributed by atoms with Crippen LogP contribution in [0, 0.1) is 10.6 Å². The number of rotatable bonds is 10. The molecule has 2 heterocycles. The van der Waals surface area contributed by atoms with Gasteiger partial charge >= 0.3 is 0 Å². The second-order valence-corrected chi connectivity index (χ2v) is 7.92. The minimum atomic E-state index is -0.0850. The summed E-state index contributed by atoms with van der Waals surface area (Å²) in [6, 6.07) is 13.6. The van der Waals surface area contributed by atoms with Gasteiger partial charge in [-0.3, -0.25) is 4.79 Å². The number of benzene rings is 1. The maximum Gasteiger partial charge on any atom is 0.194 e. The molecule has 1 aliphatic carbocycles. The Balaban J connectivity index is 1.61. The summed E-state index contributed by atoms with van der Waals surface area (Å²) >= 11 is 0. The van der Waals surface area contributed by atoms with Crippen LogP contribution in [0.2, 0.25) is 0 Å². The van der Waals surface area contributed by atoms with Crippen molar-refractivity contribution in [3.8, 4) is 22.6 Å². The van der Waals surface area contributed by atoms with Crippen LogP contribution in [0.25, 0.3) is 22.6 Å². The first-order chi connectivity index (χ1) is 14.8. The van der Waals surface area contributed by atoms with Gasteiger partial charge in [0.05, 0.1) is 23.2 Å². The van der Waals surface area contributed by atoms with Gasteiger partial charge in [-0.15, -0.1) is 0 Å². The van der Waals surface area contributed by atoms with Crippen LogP contribution in [0.3, 0.4) is 0 Å². The minimum Gasteiger partial charge on any atom is -0.376 e. The van der Waals surface area contributed by atoms with Crippen LogP contribution in [0.5, 0.6) is 0 Å². The van der Waals surface area contributed by atoms with Crippen LogP contribution in [-0.2, 0) is 6.54 Å². The number of nitrogens with zero attached hydrogens (tertiary/aromatic N) is 3. The summed E-state index contributed by atoms with van der Waals surface area (Å²) in [5.41, 5.74) is 3.63. The molecule has 0 N–H and O–H groups in total. The third-order valence-electron chi connectivity index (χ3n) is 5.65. The van der Waals surface area contributed by atoms with Crippen molar-refractivity contribution in [3.63, 3.8) is 0 Å². The SMILES string of the molecule is CCCCCCCCCCn1oc2c3ncnc-3cc(=O)c=2cc1-c1ccccc1. The summed E-state index contributed by atoms with van der Waals surface area (Å²) < 4.78 is 8.19. The molecule has 0 fully saturated rings. The molecule has 4 rings (SSSR count). The molecular weight excluding hydrogens is 374 g/mol. The number of aryl methyl sites for hydroxylation is 1. The van der Waals surface area contributed by atoms with E-state index in [2.05, 4.69) is 16.9 Å². The summed E-state index contributed by atoms with van der Waals surface area (Å²) in [6.07, 6.45) is 11.5. The lowest BCUT2D eigenvalue weighted by Gasteiger charge is -2.14. The summed E-state index contributed by atoms with van der Waals surface area (Å²) in [4.78, 5) is 21.2. The lowest BCUT2D eigenvalue weighted by molar-refractivity contribution is 0.236. The summed E-state index contributed by atoms with van der Waals surface area (Å²) in [5.74, 6) is 0. The van der Waals surface area contributed by atoms with Gasteiger partial charge < -0.3 is 4.52 Å². The molecule has 0 saturated heterocycles. The number of fused-ring (bicyclic) bond motifs is 2. The molecule has 156 valence electrons. The lowest BCUT2D eigenvalue weighted by atomic mass is 10.1. The van der Waals surface area contributed by atoms with E-state index in [1.165, 1.54) is 57.3 Å². The van der Waals surface area contributed by atoms with Crippen molar-refractivity contribution in [2.75, 3.05) is 0 Å². The molecule has 0 amide bonds. The number of unbranched alkanes of at least 4 members (excludes halogenated alkanes) is 7. The van der Waals surface area contributed by atoms with E-state index in [-0.39, 0.29) is 5.43 Å². The maximum atomic E-state index is 12.7. The minimum absolute atomic E-state index is 0.0850. The second-order valence-electron chi connectivity index (χ2n) is 7.92. The van der Waals surface area contributed by atoms with E-state index < -0.39 is 0 Å². The zero-order valence-electron chi connectivity index (χ0n) is 17.6. The quantitative estimate of drug-likeness (QED) is 0.311. The van der Waals surface area contributed by atoms with Gasteiger partial charge in [-0.05, 0) is 12.5 Å². The summed E-state index contributed by atoms with van der Waals surface area (Å²) in [5, 5.41) is 0.550. The van der Waals surface area contributed by atoms with Gasteiger partial charge in [-0.2, -0.15) is 0 Å². The van der Waals surface area contributed by atoms with Crippen molar-refractivity contribution in [1.82, 2.24) is 14.7 Å². The Bertz CT molecular complexity index is 1160. The van der Waals surface area contributed by atoms with E-state index in [0.29, 0.717) is 22.0 Å². The first kappa shape index (κ1) is 20.3. The normalized spacial score (nSPS) is 11.5. The zero-order chi connectivity index (χ0) is 20.8. The van der Waals surface area contributed by atoms with Gasteiger partial charge in [0.15, 0.2) is 10.8 Å². The van der Waals surface area contributed by atoms with Crippen molar-refractivity contribution in [3.05, 3.63) is 69.6 Å². The van der Waals surface area contributed by atoms with E-state index in [4.69, 9.17) is 4.52 Å². The third-order valence-corrected chi connectivity index (χ3v) is 5.65. The van der Waals surface area contributed by atoms with Crippen LogP contribution in [-0.4, -0.2) is 14.7 Å². The monoisotopic (exact) mass is 403 g/mol. The van der Waals surface area contributed by atoms with Crippen molar-refractivity contribution in [1.29, 1.82) is 0 Å². The predicted molar refractivity (Wildman–Crippen MR) is 119 cm³/mol. The Labute approximate surface area is 176 Å². The number of imidazole rings is 1. The molecule has 0 unspecified atom stereocenters. The average molecular weight is 404 g/mol. The smallest absolute Gasteiger partial charge is 0.194 e. The highest BCUT2D eigenvalue weighted by atomic mass is 16.5. The highest BCUT2D eigenvalue weighted by molar-refractivity contribution is 5.61. The van der Waals surface area contributed by atoms with E-state index >= 15 is 0 Å². The molecule has 5 heteroatoms. The first-order valence-corrected chi connectivity index (χ1v) is 11.1. The third kappa shape index (κ3) is 4.45. The van der Waals surface area contributed by atoms with E-state index in [1.807, 2.05) is 41.1 Å². The Morgan fingerprint density at radius 2 is 1.63 bits per heavy atom. The fraction of sp³-hybridized carbons (Fsp3) is 0.400. The topological polar surface area (TPSA) is 60.9 Å². The van der Waals surface area contributed by atoms with Crippen molar-refractivity contribution in [2.24, 2.45) is 0 Å². The van der Waals surface area contributed by atoms with Gasteiger partial charge in [0, 0.05) is 11.6 Å². The Morgan fingerprint density at radius 3 is 2.40 bits per heavy atom. The molecule has 0 bridgehead atoms.